The fourth-order valence-electron chi connectivity index (χ4n) is 2.48. The molecule has 0 aliphatic carbocycles. The molecule has 0 radical (unpaired) electrons. The Morgan fingerprint density at radius 2 is 2.05 bits per heavy atom. The summed E-state index contributed by atoms with van der Waals surface area (Å²) in [7, 11) is -3.90. The van der Waals surface area contributed by atoms with Gasteiger partial charge in [-0.25, -0.2) is 8.42 Å². The van der Waals surface area contributed by atoms with E-state index >= 15 is 0 Å². The number of fused-ring (bicyclic) bond motifs is 1. The number of rotatable bonds is 3. The van der Waals surface area contributed by atoms with Crippen molar-refractivity contribution in [1.82, 2.24) is 14.5 Å². The van der Waals surface area contributed by atoms with Gasteiger partial charge in [0, 0.05) is 19.2 Å². The van der Waals surface area contributed by atoms with Crippen molar-refractivity contribution in [2.45, 2.75) is 23.9 Å². The summed E-state index contributed by atoms with van der Waals surface area (Å²) in [5, 5.41) is 15.4. The van der Waals surface area contributed by atoms with Gasteiger partial charge < -0.3 is 5.11 Å². The Kier molecular flexibility index (Phi) is 3.26. The Morgan fingerprint density at radius 3 is 2.67 bits per heavy atom. The highest BCUT2D eigenvalue weighted by molar-refractivity contribution is 7.89. The quantitative estimate of drug-likeness (QED) is 0.864. The predicted octanol–water partition coefficient (Wildman–Crippen LogP) is 0.610. The number of H-pyrrole nitrogens is 1. The summed E-state index contributed by atoms with van der Waals surface area (Å²) in [4.78, 5) is 11.4. The first-order chi connectivity index (χ1) is 10.00. The smallest absolute Gasteiger partial charge is 0.322 e. The third kappa shape index (κ3) is 2.32. The molecule has 7 nitrogen and oxygen atoms in total. The molecule has 1 aliphatic rings. The molecule has 21 heavy (non-hydrogen) atoms. The lowest BCUT2D eigenvalue weighted by Crippen LogP contribution is -2.48. The largest absolute Gasteiger partial charge is 0.480 e. The van der Waals surface area contributed by atoms with Crippen molar-refractivity contribution in [3.05, 3.63) is 47.8 Å². The van der Waals surface area contributed by atoms with Crippen molar-refractivity contribution in [3.8, 4) is 0 Å². The number of carboxylic acids is 1. The fraction of sp³-hybridized carbons (Fsp3) is 0.231. The number of nitrogens with zero attached hydrogens (tertiary/aromatic N) is 2. The second kappa shape index (κ2) is 4.97. The Hall–Kier alpha value is -2.19. The van der Waals surface area contributed by atoms with Crippen LogP contribution in [0.4, 0.5) is 0 Å². The summed E-state index contributed by atoms with van der Waals surface area (Å²) in [6.07, 6.45) is 2.58. The number of carboxylic acid groups (broad SMARTS) is 1. The lowest BCUT2D eigenvalue weighted by Gasteiger charge is -2.33. The molecule has 110 valence electrons. The van der Waals surface area contributed by atoms with Crippen molar-refractivity contribution in [1.29, 1.82) is 0 Å². The molecule has 1 aliphatic heterocycles. The Balaban J connectivity index is 2.06. The third-order valence-electron chi connectivity index (χ3n) is 3.57. The molecule has 1 unspecified atom stereocenters. The van der Waals surface area contributed by atoms with Crippen LogP contribution in [0.5, 0.6) is 0 Å². The van der Waals surface area contributed by atoms with E-state index in [1.807, 2.05) is 24.3 Å². The molecule has 2 heterocycles. The molecule has 0 spiro atoms. The zero-order valence-electron chi connectivity index (χ0n) is 10.9. The normalized spacial score (nSPS) is 19.1. The van der Waals surface area contributed by atoms with Crippen LogP contribution in [-0.2, 0) is 27.8 Å². The average molecular weight is 307 g/mol. The van der Waals surface area contributed by atoms with E-state index in [0.717, 1.165) is 15.4 Å². The molecule has 0 saturated heterocycles. The minimum absolute atomic E-state index is 0.0341. The van der Waals surface area contributed by atoms with Crippen molar-refractivity contribution in [2.75, 3.05) is 0 Å². The van der Waals surface area contributed by atoms with Gasteiger partial charge in [0.15, 0.2) is 0 Å². The summed E-state index contributed by atoms with van der Waals surface area (Å²) < 4.78 is 26.2. The third-order valence-corrected chi connectivity index (χ3v) is 5.39. The predicted molar refractivity (Wildman–Crippen MR) is 72.9 cm³/mol. The first-order valence-electron chi connectivity index (χ1n) is 6.30. The Labute approximate surface area is 121 Å². The molecule has 8 heteroatoms. The molecule has 0 bridgehead atoms. The summed E-state index contributed by atoms with van der Waals surface area (Å²) in [6.45, 7) is 0.0423. The van der Waals surface area contributed by atoms with Gasteiger partial charge in [-0.05, 0) is 11.1 Å². The minimum atomic E-state index is -3.90. The molecule has 1 aromatic heterocycles. The highest BCUT2D eigenvalue weighted by Gasteiger charge is 2.39. The zero-order chi connectivity index (χ0) is 15.0. The number of carbonyl (C=O) groups is 1. The summed E-state index contributed by atoms with van der Waals surface area (Å²) in [6, 6.07) is 6.15. The molecule has 2 N–H and O–H groups in total. The average Bonchev–Trinajstić information content (AvgIpc) is 3.00. The van der Waals surface area contributed by atoms with E-state index in [2.05, 4.69) is 10.2 Å². The summed E-state index contributed by atoms with van der Waals surface area (Å²) in [5.41, 5.74) is 1.69. The lowest BCUT2D eigenvalue weighted by molar-refractivity contribution is -0.141. The number of hydrogen-bond donors (Lipinski definition) is 2. The van der Waals surface area contributed by atoms with Crippen LogP contribution in [0.2, 0.25) is 0 Å². The number of hydrogen-bond acceptors (Lipinski definition) is 4. The van der Waals surface area contributed by atoms with Crippen LogP contribution < -0.4 is 0 Å². The number of aromatic nitrogens is 2. The number of aromatic amines is 1. The molecule has 3 rings (SSSR count). The van der Waals surface area contributed by atoms with Crippen molar-refractivity contribution in [3.63, 3.8) is 0 Å². The van der Waals surface area contributed by atoms with Crippen LogP contribution in [0, 0.1) is 0 Å². The monoisotopic (exact) mass is 307 g/mol. The second-order valence-electron chi connectivity index (χ2n) is 4.81. The molecular weight excluding hydrogens is 294 g/mol. The Bertz CT molecular complexity index is 770. The van der Waals surface area contributed by atoms with E-state index in [4.69, 9.17) is 0 Å². The number of sulfonamides is 1. The first-order valence-corrected chi connectivity index (χ1v) is 7.74. The van der Waals surface area contributed by atoms with Gasteiger partial charge >= 0.3 is 5.97 Å². The van der Waals surface area contributed by atoms with Crippen molar-refractivity contribution in [2.24, 2.45) is 0 Å². The van der Waals surface area contributed by atoms with E-state index in [9.17, 15) is 18.3 Å². The maximum atomic E-state index is 12.6. The maximum absolute atomic E-state index is 12.6. The Morgan fingerprint density at radius 1 is 1.33 bits per heavy atom. The molecule has 1 aromatic carbocycles. The highest BCUT2D eigenvalue weighted by Crippen LogP contribution is 2.28. The van der Waals surface area contributed by atoms with Crippen LogP contribution >= 0.6 is 0 Å². The van der Waals surface area contributed by atoms with E-state index in [1.54, 1.807) is 0 Å². The van der Waals surface area contributed by atoms with E-state index in [1.165, 1.54) is 12.4 Å². The number of nitrogens with one attached hydrogen (secondary N) is 1. The topological polar surface area (TPSA) is 103 Å². The van der Waals surface area contributed by atoms with Gasteiger partial charge in [-0.3, -0.25) is 9.89 Å². The van der Waals surface area contributed by atoms with Gasteiger partial charge in [0.25, 0.3) is 0 Å². The van der Waals surface area contributed by atoms with Gasteiger partial charge in [-0.2, -0.15) is 9.40 Å². The number of benzene rings is 1. The van der Waals surface area contributed by atoms with Crippen LogP contribution in [0.25, 0.3) is 0 Å². The zero-order valence-corrected chi connectivity index (χ0v) is 11.7. The molecular formula is C13H13N3O4S. The lowest BCUT2D eigenvalue weighted by atomic mass is 9.96. The van der Waals surface area contributed by atoms with E-state index in [0.29, 0.717) is 0 Å². The van der Waals surface area contributed by atoms with Gasteiger partial charge in [0.05, 0.1) is 6.20 Å². The SMILES string of the molecule is O=C(O)C1Cc2ccccc2CN1S(=O)(=O)c1cn[nH]c1. The van der Waals surface area contributed by atoms with Crippen molar-refractivity contribution < 1.29 is 18.3 Å². The second-order valence-corrected chi connectivity index (χ2v) is 6.70. The standard InChI is InChI=1S/C13H13N3O4S/c17-13(18)12-5-9-3-1-2-4-10(9)8-16(12)21(19,20)11-6-14-15-7-11/h1-4,6-7,12H,5,8H2,(H,14,15)(H,17,18). The summed E-state index contributed by atoms with van der Waals surface area (Å²) in [5.74, 6) is -1.16. The highest BCUT2D eigenvalue weighted by atomic mass is 32.2. The van der Waals surface area contributed by atoms with E-state index < -0.39 is 22.0 Å². The minimum Gasteiger partial charge on any atom is -0.480 e. The molecule has 0 saturated carbocycles. The van der Waals surface area contributed by atoms with Crippen LogP contribution in [0.15, 0.2) is 41.6 Å². The van der Waals surface area contributed by atoms with Gasteiger partial charge in [0.2, 0.25) is 10.0 Å². The van der Waals surface area contributed by atoms with Gasteiger partial charge in [0.1, 0.15) is 10.9 Å². The maximum Gasteiger partial charge on any atom is 0.322 e. The molecule has 2 aromatic rings. The molecule has 1 atom stereocenters. The van der Waals surface area contributed by atoms with Crippen LogP contribution in [-0.4, -0.2) is 40.0 Å². The molecule has 0 amide bonds. The van der Waals surface area contributed by atoms with Crippen LogP contribution in [0.3, 0.4) is 0 Å². The van der Waals surface area contributed by atoms with Crippen molar-refractivity contribution >= 4 is 16.0 Å². The first kappa shape index (κ1) is 13.8. The number of aliphatic carboxylic acids is 1. The summed E-state index contributed by atoms with van der Waals surface area (Å²) >= 11 is 0. The van der Waals surface area contributed by atoms with Gasteiger partial charge in [-0.1, -0.05) is 24.3 Å². The molecule has 0 fully saturated rings. The van der Waals surface area contributed by atoms with E-state index in [-0.39, 0.29) is 17.9 Å². The fourth-order valence-corrected chi connectivity index (χ4v) is 3.94. The van der Waals surface area contributed by atoms with Crippen LogP contribution in [0.1, 0.15) is 11.1 Å². The van der Waals surface area contributed by atoms with Gasteiger partial charge in [-0.15, -0.1) is 0 Å².